The van der Waals surface area contributed by atoms with E-state index in [0.29, 0.717) is 30.6 Å². The second-order valence-electron chi connectivity index (χ2n) is 12.1. The van der Waals surface area contributed by atoms with Gasteiger partial charge in [-0.3, -0.25) is 0 Å². The van der Waals surface area contributed by atoms with Crippen LogP contribution in [-0.4, -0.2) is 34.1 Å². The average molecular weight is 459 g/mol. The van der Waals surface area contributed by atoms with Crippen molar-refractivity contribution in [2.24, 2.45) is 40.9 Å². The van der Waals surface area contributed by atoms with Gasteiger partial charge in [-0.1, -0.05) is 71.8 Å². The van der Waals surface area contributed by atoms with Crippen LogP contribution in [0.3, 0.4) is 0 Å². The van der Waals surface area contributed by atoms with Crippen molar-refractivity contribution in [2.75, 3.05) is 6.61 Å². The summed E-state index contributed by atoms with van der Waals surface area (Å²) in [4.78, 5) is 0. The van der Waals surface area contributed by atoms with E-state index in [1.165, 1.54) is 37.7 Å². The van der Waals surface area contributed by atoms with E-state index in [-0.39, 0.29) is 12.5 Å². The highest BCUT2D eigenvalue weighted by Gasteiger charge is 2.49. The second kappa shape index (κ2) is 11.7. The summed E-state index contributed by atoms with van der Waals surface area (Å²) in [6.07, 6.45) is 17.3. The van der Waals surface area contributed by atoms with Gasteiger partial charge in [0.25, 0.3) is 0 Å². The number of hydrogen-bond acceptors (Lipinski definition) is 3. The zero-order valence-corrected chi connectivity index (χ0v) is 21.8. The van der Waals surface area contributed by atoms with Crippen LogP contribution in [0, 0.1) is 40.9 Å². The van der Waals surface area contributed by atoms with E-state index in [1.54, 1.807) is 0 Å². The fourth-order valence-electron chi connectivity index (χ4n) is 7.09. The summed E-state index contributed by atoms with van der Waals surface area (Å²) in [5.74, 6) is 3.64. The topological polar surface area (TPSA) is 60.7 Å². The predicted octanol–water partition coefficient (Wildman–Crippen LogP) is 6.44. The van der Waals surface area contributed by atoms with Gasteiger partial charge in [0.2, 0.25) is 0 Å². The maximum atomic E-state index is 10.6. The summed E-state index contributed by atoms with van der Waals surface area (Å²) in [5.41, 5.74) is 2.90. The zero-order chi connectivity index (χ0) is 24.2. The normalized spacial score (nSPS) is 36.6. The summed E-state index contributed by atoms with van der Waals surface area (Å²) >= 11 is 0. The first-order chi connectivity index (χ1) is 15.7. The number of aliphatic hydroxyl groups is 3. The molecule has 3 rings (SSSR count). The first-order valence-electron chi connectivity index (χ1n) is 13.7. The Morgan fingerprint density at radius 2 is 1.85 bits per heavy atom. The molecular formula is C30H50O3. The molecule has 0 aromatic rings. The molecule has 0 unspecified atom stereocenters. The first kappa shape index (κ1) is 26.7. The van der Waals surface area contributed by atoms with Crippen molar-refractivity contribution in [3.8, 4) is 0 Å². The third kappa shape index (κ3) is 6.21. The Morgan fingerprint density at radius 3 is 2.52 bits per heavy atom. The van der Waals surface area contributed by atoms with E-state index in [1.807, 2.05) is 6.08 Å². The lowest BCUT2D eigenvalue weighted by molar-refractivity contribution is 0.0191. The molecule has 3 N–H and O–H groups in total. The molecule has 0 saturated heterocycles. The summed E-state index contributed by atoms with van der Waals surface area (Å²) in [6, 6.07) is 0. The third-order valence-corrected chi connectivity index (χ3v) is 9.73. The van der Waals surface area contributed by atoms with Gasteiger partial charge in [0.05, 0.1) is 12.2 Å². The molecule has 0 aliphatic heterocycles. The highest BCUT2D eigenvalue weighted by molar-refractivity contribution is 5.35. The Labute approximate surface area is 203 Å². The Balaban J connectivity index is 1.64. The number of hydrogen-bond donors (Lipinski definition) is 3. The van der Waals surface area contributed by atoms with Crippen LogP contribution in [0.4, 0.5) is 0 Å². The summed E-state index contributed by atoms with van der Waals surface area (Å²) in [6.45, 7) is 12.3. The van der Waals surface area contributed by atoms with Gasteiger partial charge in [-0.2, -0.15) is 0 Å². The highest BCUT2D eigenvalue weighted by atomic mass is 16.3. The maximum Gasteiger partial charge on any atom is 0.0779 e. The van der Waals surface area contributed by atoms with Gasteiger partial charge in [0.15, 0.2) is 0 Å². The molecule has 188 valence electrons. The molecule has 1 fully saturated rings. The van der Waals surface area contributed by atoms with Crippen LogP contribution in [0.5, 0.6) is 0 Å². The number of fused-ring (bicyclic) bond motifs is 1. The molecule has 0 radical (unpaired) electrons. The largest absolute Gasteiger partial charge is 0.396 e. The van der Waals surface area contributed by atoms with E-state index in [0.717, 1.165) is 35.7 Å². The van der Waals surface area contributed by atoms with E-state index < -0.39 is 12.2 Å². The number of aliphatic hydroxyl groups excluding tert-OH is 3. The van der Waals surface area contributed by atoms with Gasteiger partial charge in [-0.05, 0) is 91.1 Å². The molecule has 0 heterocycles. The minimum absolute atomic E-state index is 0.108. The van der Waals surface area contributed by atoms with Crippen LogP contribution in [0.1, 0.15) is 92.4 Å². The molecule has 0 bridgehead atoms. The molecule has 0 aromatic heterocycles. The minimum Gasteiger partial charge on any atom is -0.396 e. The number of rotatable bonds is 10. The smallest absolute Gasteiger partial charge is 0.0779 e. The fourth-order valence-corrected chi connectivity index (χ4v) is 7.09. The fraction of sp³-hybridized carbons (Fsp3) is 0.800. The van der Waals surface area contributed by atoms with E-state index in [2.05, 4.69) is 52.8 Å². The number of allylic oxidation sites excluding steroid dienone is 4. The lowest BCUT2D eigenvalue weighted by Crippen LogP contribution is -2.35. The van der Waals surface area contributed by atoms with E-state index >= 15 is 0 Å². The van der Waals surface area contributed by atoms with Crippen molar-refractivity contribution >= 4 is 0 Å². The summed E-state index contributed by atoms with van der Waals surface area (Å²) in [7, 11) is 0. The van der Waals surface area contributed by atoms with Crippen LogP contribution in [-0.2, 0) is 0 Å². The van der Waals surface area contributed by atoms with Crippen LogP contribution in [0.25, 0.3) is 0 Å². The van der Waals surface area contributed by atoms with E-state index in [9.17, 15) is 10.2 Å². The molecule has 8 atom stereocenters. The third-order valence-electron chi connectivity index (χ3n) is 9.73. The maximum absolute atomic E-state index is 10.6. The monoisotopic (exact) mass is 458 g/mol. The predicted molar refractivity (Wildman–Crippen MR) is 138 cm³/mol. The van der Waals surface area contributed by atoms with Gasteiger partial charge in [-0.25, -0.2) is 0 Å². The van der Waals surface area contributed by atoms with Crippen molar-refractivity contribution in [1.29, 1.82) is 0 Å². The molecule has 1 saturated carbocycles. The van der Waals surface area contributed by atoms with Crippen LogP contribution >= 0.6 is 0 Å². The van der Waals surface area contributed by atoms with Crippen LogP contribution < -0.4 is 0 Å². The molecule has 3 aliphatic carbocycles. The van der Waals surface area contributed by atoms with Gasteiger partial charge in [0, 0.05) is 12.5 Å². The molecule has 3 aliphatic rings. The lowest BCUT2D eigenvalue weighted by atomic mass is 9.62. The van der Waals surface area contributed by atoms with Crippen molar-refractivity contribution in [3.05, 3.63) is 35.5 Å². The Bertz CT molecular complexity index is 720. The molecular weight excluding hydrogens is 408 g/mol. The summed E-state index contributed by atoms with van der Waals surface area (Å²) < 4.78 is 0. The Kier molecular flexibility index (Phi) is 9.46. The van der Waals surface area contributed by atoms with Crippen molar-refractivity contribution < 1.29 is 15.3 Å². The molecule has 0 spiro atoms. The SMILES string of the molecule is CC(C)[C@@H](C)CC[C@@H](C)[C@H]1CC[C@H]2C(/C=C/C3=C[C@@H](O)[C@H](CCCO)[C@H](O)C3)=CCC[C@]12C. The molecule has 0 amide bonds. The average Bonchev–Trinajstić information content (AvgIpc) is 3.12. The van der Waals surface area contributed by atoms with Crippen LogP contribution in [0.2, 0.25) is 0 Å². The minimum atomic E-state index is -0.629. The molecule has 3 heteroatoms. The quantitative estimate of drug-likeness (QED) is 0.353. The molecule has 3 nitrogen and oxygen atoms in total. The standard InChI is InChI=1S/C30H50O3/c1-20(2)21(3)10-11-22(4)26-14-15-27-24(8-6-16-30(26,27)5)13-12-23-18-28(32)25(9-7-17-31)29(33)19-23/h8,12-13,18,20-22,25-29,31-33H,6-7,9-11,14-17,19H2,1-5H3/b13-12+/t21-,22+,25-,26+,27-,28+,29+,30+/m0/s1. The Morgan fingerprint density at radius 1 is 1.09 bits per heavy atom. The second-order valence-corrected chi connectivity index (χ2v) is 12.1. The lowest BCUT2D eigenvalue weighted by Gasteiger charge is -2.43. The van der Waals surface area contributed by atoms with Gasteiger partial charge in [0.1, 0.15) is 0 Å². The van der Waals surface area contributed by atoms with Gasteiger partial charge >= 0.3 is 0 Å². The van der Waals surface area contributed by atoms with Crippen molar-refractivity contribution in [3.63, 3.8) is 0 Å². The highest BCUT2D eigenvalue weighted by Crippen LogP contribution is 2.59. The Hall–Kier alpha value is -0.900. The van der Waals surface area contributed by atoms with Crippen molar-refractivity contribution in [2.45, 2.75) is 105 Å². The van der Waals surface area contributed by atoms with Crippen molar-refractivity contribution in [1.82, 2.24) is 0 Å². The first-order valence-corrected chi connectivity index (χ1v) is 13.7. The van der Waals surface area contributed by atoms with E-state index in [4.69, 9.17) is 5.11 Å². The van der Waals surface area contributed by atoms with Gasteiger partial charge in [-0.15, -0.1) is 0 Å². The van der Waals surface area contributed by atoms with Gasteiger partial charge < -0.3 is 15.3 Å². The molecule has 0 aromatic carbocycles. The molecule has 33 heavy (non-hydrogen) atoms. The van der Waals surface area contributed by atoms with Crippen LogP contribution in [0.15, 0.2) is 35.5 Å². The zero-order valence-electron chi connectivity index (χ0n) is 21.8. The summed E-state index contributed by atoms with van der Waals surface area (Å²) in [5, 5.41) is 30.1.